The Morgan fingerprint density at radius 1 is 1.35 bits per heavy atom. The van der Waals surface area contributed by atoms with E-state index in [1.807, 2.05) is 25.1 Å². The lowest BCUT2D eigenvalue weighted by Gasteiger charge is -2.20. The number of hydrogen-bond acceptors (Lipinski definition) is 3. The van der Waals surface area contributed by atoms with E-state index in [1.54, 1.807) is 0 Å². The normalized spacial score (nSPS) is 13.3. The Hall–Kier alpha value is -1.10. The van der Waals surface area contributed by atoms with E-state index in [1.165, 1.54) is 0 Å². The first kappa shape index (κ1) is 15.3. The molecular formula is C15H23ClN4. The number of aromatic nitrogens is 2. The molecule has 0 amide bonds. The van der Waals surface area contributed by atoms with Gasteiger partial charge in [0.25, 0.3) is 0 Å². The Bertz CT molecular complexity index is 573. The van der Waals surface area contributed by atoms with Crippen LogP contribution in [0.15, 0.2) is 18.2 Å². The summed E-state index contributed by atoms with van der Waals surface area (Å²) in [4.78, 5) is 7.03. The first-order valence-electron chi connectivity index (χ1n) is 7.20. The molecule has 0 aliphatic carbocycles. The Morgan fingerprint density at radius 2 is 2.05 bits per heavy atom. The molecule has 1 atom stereocenters. The van der Waals surface area contributed by atoms with Crippen LogP contribution in [0.25, 0.3) is 11.0 Å². The molecule has 1 unspecified atom stereocenters. The molecular weight excluding hydrogens is 272 g/mol. The van der Waals surface area contributed by atoms with E-state index in [2.05, 4.69) is 28.3 Å². The van der Waals surface area contributed by atoms with Crippen LogP contribution >= 0.6 is 11.6 Å². The van der Waals surface area contributed by atoms with Gasteiger partial charge in [0.05, 0.1) is 17.1 Å². The van der Waals surface area contributed by atoms with E-state index in [9.17, 15) is 0 Å². The largest absolute Gasteiger partial charge is 0.325 e. The Morgan fingerprint density at radius 3 is 2.65 bits per heavy atom. The smallest absolute Gasteiger partial charge is 0.126 e. The zero-order chi connectivity index (χ0) is 14.7. The summed E-state index contributed by atoms with van der Waals surface area (Å²) in [5, 5.41) is 0.734. The molecule has 0 radical (unpaired) electrons. The van der Waals surface area contributed by atoms with Crippen LogP contribution in [0.3, 0.4) is 0 Å². The Balaban J connectivity index is 2.37. The second kappa shape index (κ2) is 6.57. The van der Waals surface area contributed by atoms with Crippen molar-refractivity contribution >= 4 is 22.6 Å². The lowest BCUT2D eigenvalue weighted by Crippen LogP contribution is -2.28. The number of likely N-dealkylation sites (N-methyl/N-ethyl adjacent to an activating group) is 1. The molecule has 0 fully saturated rings. The lowest BCUT2D eigenvalue weighted by atomic mass is 10.3. The minimum Gasteiger partial charge on any atom is -0.325 e. The van der Waals surface area contributed by atoms with Crippen molar-refractivity contribution in [1.29, 1.82) is 0 Å². The molecule has 2 N–H and O–H groups in total. The van der Waals surface area contributed by atoms with E-state index in [0.717, 1.165) is 48.1 Å². The summed E-state index contributed by atoms with van der Waals surface area (Å²) in [5.41, 5.74) is 8.08. The summed E-state index contributed by atoms with van der Waals surface area (Å²) in [6.45, 7) is 10.3. The monoisotopic (exact) mass is 294 g/mol. The SMILES string of the molecule is CCN(CC)CCn1c(C(C)N)nc2ccc(Cl)cc21. The van der Waals surface area contributed by atoms with Crippen LogP contribution in [0, 0.1) is 0 Å². The molecule has 0 aliphatic rings. The summed E-state index contributed by atoms with van der Waals surface area (Å²) in [7, 11) is 0. The van der Waals surface area contributed by atoms with E-state index in [4.69, 9.17) is 17.3 Å². The number of benzene rings is 1. The lowest BCUT2D eigenvalue weighted by molar-refractivity contribution is 0.290. The van der Waals surface area contributed by atoms with Crippen molar-refractivity contribution in [2.24, 2.45) is 5.73 Å². The number of rotatable bonds is 6. The van der Waals surface area contributed by atoms with Crippen LogP contribution in [-0.4, -0.2) is 34.1 Å². The number of hydrogen-bond donors (Lipinski definition) is 1. The second-order valence-corrected chi connectivity index (χ2v) is 5.51. The maximum Gasteiger partial charge on any atom is 0.126 e. The molecule has 0 saturated carbocycles. The highest BCUT2D eigenvalue weighted by Gasteiger charge is 2.14. The van der Waals surface area contributed by atoms with Gasteiger partial charge in [-0.3, -0.25) is 0 Å². The molecule has 4 nitrogen and oxygen atoms in total. The molecule has 0 saturated heterocycles. The van der Waals surface area contributed by atoms with E-state index in [0.29, 0.717) is 0 Å². The van der Waals surface area contributed by atoms with Gasteiger partial charge in [0, 0.05) is 18.1 Å². The average molecular weight is 295 g/mol. The van der Waals surface area contributed by atoms with Crippen molar-refractivity contribution in [3.05, 3.63) is 29.0 Å². The molecule has 1 heterocycles. The maximum absolute atomic E-state index is 6.11. The minimum atomic E-state index is -0.0853. The molecule has 110 valence electrons. The number of imidazole rings is 1. The van der Waals surface area contributed by atoms with Gasteiger partial charge < -0.3 is 15.2 Å². The number of fused-ring (bicyclic) bond motifs is 1. The van der Waals surface area contributed by atoms with Crippen molar-refractivity contribution in [3.63, 3.8) is 0 Å². The molecule has 1 aromatic carbocycles. The standard InChI is InChI=1S/C15H23ClN4/c1-4-19(5-2)8-9-20-14-10-12(16)6-7-13(14)18-15(20)11(3)17/h6-7,10-11H,4-5,8-9,17H2,1-3H3. The first-order chi connectivity index (χ1) is 9.56. The molecule has 5 heteroatoms. The molecule has 20 heavy (non-hydrogen) atoms. The average Bonchev–Trinajstić information content (AvgIpc) is 2.78. The van der Waals surface area contributed by atoms with Gasteiger partial charge in [-0.05, 0) is 38.2 Å². The van der Waals surface area contributed by atoms with Crippen LogP contribution in [0.5, 0.6) is 0 Å². The van der Waals surface area contributed by atoms with Crippen molar-refractivity contribution in [3.8, 4) is 0 Å². The van der Waals surface area contributed by atoms with Crippen molar-refractivity contribution in [2.45, 2.75) is 33.4 Å². The van der Waals surface area contributed by atoms with Crippen LogP contribution in [0.2, 0.25) is 5.02 Å². The third-order valence-electron chi connectivity index (χ3n) is 3.68. The number of halogens is 1. The molecule has 0 aliphatic heterocycles. The third-order valence-corrected chi connectivity index (χ3v) is 3.92. The van der Waals surface area contributed by atoms with Gasteiger partial charge in [-0.2, -0.15) is 0 Å². The van der Waals surface area contributed by atoms with Gasteiger partial charge in [-0.15, -0.1) is 0 Å². The van der Waals surface area contributed by atoms with Crippen LogP contribution in [-0.2, 0) is 6.54 Å². The fraction of sp³-hybridized carbons (Fsp3) is 0.533. The highest BCUT2D eigenvalue weighted by molar-refractivity contribution is 6.31. The van der Waals surface area contributed by atoms with Gasteiger partial charge in [0.2, 0.25) is 0 Å². The van der Waals surface area contributed by atoms with E-state index in [-0.39, 0.29) is 6.04 Å². The Labute approximate surface area is 125 Å². The molecule has 0 spiro atoms. The summed E-state index contributed by atoms with van der Waals surface area (Å²) < 4.78 is 2.20. The van der Waals surface area contributed by atoms with Gasteiger partial charge in [0.15, 0.2) is 0 Å². The summed E-state index contributed by atoms with van der Waals surface area (Å²) >= 11 is 6.11. The fourth-order valence-corrected chi connectivity index (χ4v) is 2.64. The quantitative estimate of drug-likeness (QED) is 0.891. The predicted octanol–water partition coefficient (Wildman–Crippen LogP) is 3.05. The summed E-state index contributed by atoms with van der Waals surface area (Å²) in [5.74, 6) is 0.925. The van der Waals surface area contributed by atoms with Crippen LogP contribution in [0.1, 0.15) is 32.6 Å². The van der Waals surface area contributed by atoms with Crippen LogP contribution in [0.4, 0.5) is 0 Å². The minimum absolute atomic E-state index is 0.0853. The summed E-state index contributed by atoms with van der Waals surface area (Å²) in [6, 6.07) is 5.71. The van der Waals surface area contributed by atoms with Crippen LogP contribution < -0.4 is 5.73 Å². The number of nitrogens with two attached hydrogens (primary N) is 1. The molecule has 0 bridgehead atoms. The Kier molecular flexibility index (Phi) is 5.02. The van der Waals surface area contributed by atoms with Crippen molar-refractivity contribution in [2.75, 3.05) is 19.6 Å². The van der Waals surface area contributed by atoms with E-state index >= 15 is 0 Å². The molecule has 1 aromatic heterocycles. The van der Waals surface area contributed by atoms with E-state index < -0.39 is 0 Å². The molecule has 2 aromatic rings. The van der Waals surface area contributed by atoms with Gasteiger partial charge >= 0.3 is 0 Å². The second-order valence-electron chi connectivity index (χ2n) is 5.07. The van der Waals surface area contributed by atoms with Gasteiger partial charge in [0.1, 0.15) is 5.82 Å². The maximum atomic E-state index is 6.11. The van der Waals surface area contributed by atoms with Gasteiger partial charge in [-0.1, -0.05) is 25.4 Å². The highest BCUT2D eigenvalue weighted by Crippen LogP contribution is 2.23. The first-order valence-corrected chi connectivity index (χ1v) is 7.58. The highest BCUT2D eigenvalue weighted by atomic mass is 35.5. The van der Waals surface area contributed by atoms with Gasteiger partial charge in [-0.25, -0.2) is 4.98 Å². The predicted molar refractivity (Wildman–Crippen MR) is 85.1 cm³/mol. The fourth-order valence-electron chi connectivity index (χ4n) is 2.48. The van der Waals surface area contributed by atoms with Crippen molar-refractivity contribution < 1.29 is 0 Å². The third kappa shape index (κ3) is 3.14. The molecule has 2 rings (SSSR count). The number of nitrogens with zero attached hydrogens (tertiary/aromatic N) is 3. The summed E-state index contributed by atoms with van der Waals surface area (Å²) in [6.07, 6.45) is 0. The zero-order valence-corrected chi connectivity index (χ0v) is 13.2. The zero-order valence-electron chi connectivity index (χ0n) is 12.4. The van der Waals surface area contributed by atoms with Crippen molar-refractivity contribution in [1.82, 2.24) is 14.5 Å². The topological polar surface area (TPSA) is 47.1 Å².